The molecular weight excluding hydrogens is 300 g/mol. The fourth-order valence-corrected chi connectivity index (χ4v) is 1.64. The minimum Gasteiger partial charge on any atom is -0.394 e. The lowest BCUT2D eigenvalue weighted by atomic mass is 10.0. The number of hydrogen-bond acceptors (Lipinski definition) is 5. The number of nitro groups is 1. The van der Waals surface area contributed by atoms with E-state index in [1.54, 1.807) is 0 Å². The number of aliphatic hydroxyl groups is 2. The molecule has 0 aliphatic heterocycles. The molecule has 1 rings (SSSR count). The lowest BCUT2D eigenvalue weighted by molar-refractivity contribution is -0.384. The predicted molar refractivity (Wildman–Crippen MR) is 77.0 cm³/mol. The van der Waals surface area contributed by atoms with E-state index in [-0.39, 0.29) is 5.69 Å². The first kappa shape index (κ1) is 17.4. The van der Waals surface area contributed by atoms with Crippen LogP contribution in [0.3, 0.4) is 0 Å². The van der Waals surface area contributed by atoms with E-state index in [4.69, 9.17) is 11.6 Å². The predicted octanol–water partition coefficient (Wildman–Crippen LogP) is 1.12. The highest BCUT2D eigenvalue weighted by molar-refractivity contribution is 6.34. The van der Waals surface area contributed by atoms with Crippen molar-refractivity contribution in [2.75, 3.05) is 6.61 Å². The van der Waals surface area contributed by atoms with Crippen molar-refractivity contribution in [2.45, 2.75) is 30.9 Å². The van der Waals surface area contributed by atoms with Crippen molar-refractivity contribution in [3.8, 4) is 0 Å². The van der Waals surface area contributed by atoms with Crippen LogP contribution in [0, 0.1) is 10.1 Å². The Balaban J connectivity index is 2.85. The summed E-state index contributed by atoms with van der Waals surface area (Å²) in [5.41, 5.74) is 0.227. The molecule has 1 aromatic carbocycles. The summed E-state index contributed by atoms with van der Waals surface area (Å²) in [4.78, 5) is 20.6. The van der Waals surface area contributed by atoms with E-state index in [1.165, 1.54) is 38.1 Å². The highest BCUT2D eigenvalue weighted by Crippen LogP contribution is 2.21. The van der Waals surface area contributed by atoms with Gasteiger partial charge in [0.2, 0.25) is 5.91 Å². The van der Waals surface area contributed by atoms with Crippen LogP contribution in [-0.2, 0) is 4.79 Å². The van der Waals surface area contributed by atoms with Gasteiger partial charge in [0, 0.05) is 12.1 Å². The summed E-state index contributed by atoms with van der Waals surface area (Å²) >= 11 is 5.84. The Morgan fingerprint density at radius 1 is 1.43 bits per heavy atom. The Labute approximate surface area is 126 Å². The fraction of sp³-hybridized carbons (Fsp3) is 0.462. The third kappa shape index (κ3) is 4.66. The molecule has 0 fully saturated rings. The van der Waals surface area contributed by atoms with Gasteiger partial charge in [0.05, 0.1) is 17.6 Å². The quantitative estimate of drug-likeness (QED) is 0.413. The van der Waals surface area contributed by atoms with E-state index in [2.05, 4.69) is 5.32 Å². The molecule has 0 aromatic heterocycles. The number of amides is 1. The molecule has 116 valence electrons. The molecule has 0 saturated carbocycles. The van der Waals surface area contributed by atoms with E-state index < -0.39 is 34.5 Å². The zero-order valence-electron chi connectivity index (χ0n) is 11.6. The standard InChI is InChI=1S/C13H17ClN2O5/c1-13(2,14)12(19)15-10(7-17)11(18)8-3-5-9(6-4-8)16(20)21/h3-6,10-11,17-18H,7H2,1-2H3,(H,15,19)/t10-,11-/m1/s1. The van der Waals surface area contributed by atoms with E-state index in [0.29, 0.717) is 5.56 Å². The molecule has 7 nitrogen and oxygen atoms in total. The summed E-state index contributed by atoms with van der Waals surface area (Å²) in [6.07, 6.45) is -1.21. The van der Waals surface area contributed by atoms with Crippen LogP contribution in [0.25, 0.3) is 0 Å². The molecule has 0 aliphatic rings. The lowest BCUT2D eigenvalue weighted by Crippen LogP contribution is -2.48. The Bertz CT molecular complexity index is 512. The van der Waals surface area contributed by atoms with Gasteiger partial charge < -0.3 is 15.5 Å². The summed E-state index contributed by atoms with van der Waals surface area (Å²) in [5.74, 6) is -0.538. The molecule has 2 atom stereocenters. The van der Waals surface area contributed by atoms with E-state index in [1.807, 2.05) is 0 Å². The molecular formula is C13H17ClN2O5. The van der Waals surface area contributed by atoms with Gasteiger partial charge in [-0.15, -0.1) is 11.6 Å². The van der Waals surface area contributed by atoms with Gasteiger partial charge >= 0.3 is 0 Å². The number of nitro benzene ring substituents is 1. The van der Waals surface area contributed by atoms with Gasteiger partial charge in [-0.25, -0.2) is 0 Å². The van der Waals surface area contributed by atoms with Crippen molar-refractivity contribution in [2.24, 2.45) is 0 Å². The second-order valence-corrected chi connectivity index (χ2v) is 5.97. The molecule has 21 heavy (non-hydrogen) atoms. The largest absolute Gasteiger partial charge is 0.394 e. The summed E-state index contributed by atoms with van der Waals surface area (Å²) in [7, 11) is 0. The van der Waals surface area contributed by atoms with Crippen LogP contribution < -0.4 is 5.32 Å². The number of aliphatic hydroxyl groups excluding tert-OH is 2. The van der Waals surface area contributed by atoms with Crippen LogP contribution in [-0.4, -0.2) is 38.6 Å². The number of carbonyl (C=O) groups is 1. The maximum absolute atomic E-state index is 11.8. The summed E-state index contributed by atoms with van der Waals surface area (Å²) in [6, 6.07) is 4.24. The van der Waals surface area contributed by atoms with Crippen LogP contribution in [0.15, 0.2) is 24.3 Å². The number of nitrogens with one attached hydrogen (secondary N) is 1. The monoisotopic (exact) mass is 316 g/mol. The first-order valence-electron chi connectivity index (χ1n) is 6.20. The fourth-order valence-electron chi connectivity index (χ4n) is 1.59. The summed E-state index contributed by atoms with van der Waals surface area (Å²) in [5, 5.41) is 32.4. The average molecular weight is 317 g/mol. The number of alkyl halides is 1. The number of halogens is 1. The zero-order valence-corrected chi connectivity index (χ0v) is 12.4. The third-order valence-electron chi connectivity index (χ3n) is 2.88. The molecule has 3 N–H and O–H groups in total. The Hall–Kier alpha value is -1.70. The second-order valence-electron chi connectivity index (χ2n) is 5.03. The van der Waals surface area contributed by atoms with Gasteiger partial charge in [0.25, 0.3) is 5.69 Å². The van der Waals surface area contributed by atoms with Crippen molar-refractivity contribution in [3.05, 3.63) is 39.9 Å². The second kappa shape index (κ2) is 6.84. The van der Waals surface area contributed by atoms with Crippen molar-refractivity contribution < 1.29 is 19.9 Å². The number of hydrogen-bond donors (Lipinski definition) is 3. The molecule has 0 saturated heterocycles. The van der Waals surface area contributed by atoms with Crippen molar-refractivity contribution in [3.63, 3.8) is 0 Å². The average Bonchev–Trinajstić information content (AvgIpc) is 2.42. The van der Waals surface area contributed by atoms with Crippen molar-refractivity contribution in [1.29, 1.82) is 0 Å². The lowest BCUT2D eigenvalue weighted by Gasteiger charge is -2.25. The van der Waals surface area contributed by atoms with Crippen molar-refractivity contribution >= 4 is 23.2 Å². The van der Waals surface area contributed by atoms with E-state index in [9.17, 15) is 25.1 Å². The topological polar surface area (TPSA) is 113 Å². The minimum atomic E-state index is -1.21. The van der Waals surface area contributed by atoms with Gasteiger partial charge in [-0.1, -0.05) is 0 Å². The Morgan fingerprint density at radius 2 is 1.95 bits per heavy atom. The van der Waals surface area contributed by atoms with Gasteiger partial charge in [0.1, 0.15) is 11.0 Å². The summed E-state index contributed by atoms with van der Waals surface area (Å²) in [6.45, 7) is 2.46. The Morgan fingerprint density at radius 3 is 2.33 bits per heavy atom. The normalized spacial score (nSPS) is 14.3. The van der Waals surface area contributed by atoms with Crippen LogP contribution in [0.4, 0.5) is 5.69 Å². The van der Waals surface area contributed by atoms with Crippen LogP contribution >= 0.6 is 11.6 Å². The number of carbonyl (C=O) groups excluding carboxylic acids is 1. The van der Waals surface area contributed by atoms with Gasteiger partial charge in [-0.3, -0.25) is 14.9 Å². The highest BCUT2D eigenvalue weighted by Gasteiger charge is 2.29. The van der Waals surface area contributed by atoms with Crippen LogP contribution in [0.1, 0.15) is 25.5 Å². The highest BCUT2D eigenvalue weighted by atomic mass is 35.5. The van der Waals surface area contributed by atoms with E-state index in [0.717, 1.165) is 0 Å². The summed E-state index contributed by atoms with van der Waals surface area (Å²) < 4.78 is 0. The number of nitrogens with zero attached hydrogens (tertiary/aromatic N) is 1. The number of non-ortho nitro benzene ring substituents is 1. The van der Waals surface area contributed by atoms with E-state index >= 15 is 0 Å². The molecule has 0 heterocycles. The maximum Gasteiger partial charge on any atom is 0.269 e. The first-order valence-corrected chi connectivity index (χ1v) is 6.57. The third-order valence-corrected chi connectivity index (χ3v) is 3.05. The maximum atomic E-state index is 11.8. The molecule has 1 aromatic rings. The number of rotatable bonds is 6. The zero-order chi connectivity index (χ0) is 16.2. The molecule has 8 heteroatoms. The van der Waals surface area contributed by atoms with Gasteiger partial charge in [-0.2, -0.15) is 0 Å². The molecule has 0 spiro atoms. The molecule has 1 amide bonds. The minimum absolute atomic E-state index is 0.113. The SMILES string of the molecule is CC(C)(Cl)C(=O)N[C@H](CO)[C@H](O)c1ccc([N+](=O)[O-])cc1. The van der Waals surface area contributed by atoms with Crippen molar-refractivity contribution in [1.82, 2.24) is 5.32 Å². The van der Waals surface area contributed by atoms with Gasteiger partial charge in [0.15, 0.2) is 0 Å². The molecule has 0 aliphatic carbocycles. The van der Waals surface area contributed by atoms with Crippen LogP contribution in [0.5, 0.6) is 0 Å². The molecule has 0 unspecified atom stereocenters. The Kier molecular flexibility index (Phi) is 5.65. The number of benzene rings is 1. The molecule has 0 bridgehead atoms. The van der Waals surface area contributed by atoms with Gasteiger partial charge in [-0.05, 0) is 31.5 Å². The molecule has 0 radical (unpaired) electrons. The van der Waals surface area contributed by atoms with Crippen LogP contribution in [0.2, 0.25) is 0 Å². The smallest absolute Gasteiger partial charge is 0.269 e. The first-order chi connectivity index (χ1) is 9.66.